The van der Waals surface area contributed by atoms with Gasteiger partial charge in [0.1, 0.15) is 16.7 Å². The SMILES string of the molecule is CN1C(=O)C(O)(c2cccc(-c3nc(-c4ccnc(Nc5ccn(C)n5)n4)cs3)c2)CC1C(F)(F)F. The highest BCUT2D eigenvalue weighted by atomic mass is 32.1. The van der Waals surface area contributed by atoms with Crippen LogP contribution in [0.5, 0.6) is 0 Å². The molecule has 0 spiro atoms. The van der Waals surface area contributed by atoms with Gasteiger partial charge in [-0.25, -0.2) is 15.0 Å². The number of nitrogens with zero attached hydrogens (tertiary/aromatic N) is 6. The number of carbonyl (C=O) groups is 1. The van der Waals surface area contributed by atoms with Crippen molar-refractivity contribution in [3.05, 3.63) is 59.7 Å². The highest BCUT2D eigenvalue weighted by Gasteiger charge is 2.59. The molecular weight excluding hydrogens is 495 g/mol. The van der Waals surface area contributed by atoms with Crippen molar-refractivity contribution in [1.29, 1.82) is 0 Å². The molecule has 0 saturated carbocycles. The molecule has 1 fully saturated rings. The summed E-state index contributed by atoms with van der Waals surface area (Å²) < 4.78 is 41.8. The highest BCUT2D eigenvalue weighted by Crippen LogP contribution is 2.43. The molecular formula is C23H20F3N7O2S. The molecule has 0 aliphatic carbocycles. The van der Waals surface area contributed by atoms with E-state index in [4.69, 9.17) is 0 Å². The van der Waals surface area contributed by atoms with Crippen LogP contribution in [0.1, 0.15) is 12.0 Å². The number of likely N-dealkylation sites (N-methyl/N-ethyl adjacent to an activating group) is 1. The predicted molar refractivity (Wildman–Crippen MR) is 126 cm³/mol. The van der Waals surface area contributed by atoms with Gasteiger partial charge in [-0.15, -0.1) is 11.3 Å². The van der Waals surface area contributed by atoms with E-state index in [1.165, 1.54) is 23.5 Å². The zero-order chi connectivity index (χ0) is 25.7. The van der Waals surface area contributed by atoms with Crippen LogP contribution in [0.15, 0.2) is 54.2 Å². The summed E-state index contributed by atoms with van der Waals surface area (Å²) in [4.78, 5) is 26.4. The van der Waals surface area contributed by atoms with Crippen LogP contribution in [-0.2, 0) is 17.4 Å². The van der Waals surface area contributed by atoms with E-state index in [1.807, 2.05) is 0 Å². The standard InChI is InChI=1S/C23H20F3N7O2S/c1-32-9-7-18(31-32)30-21-27-8-6-15(29-21)16-12-36-19(28-16)13-4-3-5-14(10-13)22(35)11-17(23(24,25)26)33(2)20(22)34/h3-10,12,17,35H,11H2,1-2H3,(H,27,29,30,31). The van der Waals surface area contributed by atoms with Crippen LogP contribution >= 0.6 is 11.3 Å². The number of aliphatic hydroxyl groups is 1. The van der Waals surface area contributed by atoms with Crippen molar-refractivity contribution in [1.82, 2.24) is 29.6 Å². The largest absolute Gasteiger partial charge is 0.408 e. The van der Waals surface area contributed by atoms with Crippen LogP contribution in [-0.4, -0.2) is 59.9 Å². The average molecular weight is 516 g/mol. The molecule has 1 amide bonds. The summed E-state index contributed by atoms with van der Waals surface area (Å²) in [5, 5.41) is 20.6. The molecule has 4 heterocycles. The molecule has 0 radical (unpaired) electrons. The minimum atomic E-state index is -4.64. The molecule has 2 unspecified atom stereocenters. The Kier molecular flexibility index (Phi) is 5.75. The quantitative estimate of drug-likeness (QED) is 0.417. The summed E-state index contributed by atoms with van der Waals surface area (Å²) in [5.41, 5.74) is -0.502. The summed E-state index contributed by atoms with van der Waals surface area (Å²) in [6.07, 6.45) is -2.05. The first-order chi connectivity index (χ1) is 17.0. The van der Waals surface area contributed by atoms with Crippen LogP contribution in [0.3, 0.4) is 0 Å². The summed E-state index contributed by atoms with van der Waals surface area (Å²) in [6, 6.07) is 7.67. The van der Waals surface area contributed by atoms with Crippen LogP contribution in [0.4, 0.5) is 24.9 Å². The van der Waals surface area contributed by atoms with E-state index >= 15 is 0 Å². The van der Waals surface area contributed by atoms with Gasteiger partial charge in [-0.2, -0.15) is 18.3 Å². The number of aromatic nitrogens is 5. The van der Waals surface area contributed by atoms with E-state index in [9.17, 15) is 23.1 Å². The Bertz CT molecular complexity index is 1440. The van der Waals surface area contributed by atoms with E-state index in [0.29, 0.717) is 38.6 Å². The summed E-state index contributed by atoms with van der Waals surface area (Å²) in [6.45, 7) is 0. The van der Waals surface area contributed by atoms with Crippen molar-refractivity contribution in [2.45, 2.75) is 24.2 Å². The molecule has 4 aromatic rings. The van der Waals surface area contributed by atoms with Gasteiger partial charge in [-0.1, -0.05) is 18.2 Å². The minimum Gasteiger partial charge on any atom is -0.375 e. The third-order valence-electron chi connectivity index (χ3n) is 5.97. The first-order valence-corrected chi connectivity index (χ1v) is 11.7. The maximum atomic E-state index is 13.4. The molecule has 3 aromatic heterocycles. The van der Waals surface area contributed by atoms with Gasteiger partial charge in [0.05, 0.1) is 5.69 Å². The van der Waals surface area contributed by atoms with E-state index in [-0.39, 0.29) is 5.56 Å². The number of likely N-dealkylation sites (tertiary alicyclic amines) is 1. The predicted octanol–water partition coefficient (Wildman–Crippen LogP) is 3.72. The van der Waals surface area contributed by atoms with Gasteiger partial charge < -0.3 is 15.3 Å². The maximum absolute atomic E-state index is 13.4. The lowest BCUT2D eigenvalue weighted by Gasteiger charge is -2.21. The number of hydrogen-bond acceptors (Lipinski definition) is 8. The van der Waals surface area contributed by atoms with Gasteiger partial charge in [0, 0.05) is 49.9 Å². The molecule has 2 atom stereocenters. The van der Waals surface area contributed by atoms with Gasteiger partial charge in [0.25, 0.3) is 5.91 Å². The topological polar surface area (TPSA) is 109 Å². The van der Waals surface area contributed by atoms with Gasteiger partial charge in [-0.05, 0) is 17.7 Å². The lowest BCUT2D eigenvalue weighted by molar-refractivity contribution is -0.177. The summed E-state index contributed by atoms with van der Waals surface area (Å²) >= 11 is 1.30. The number of anilines is 2. The number of thiazole rings is 1. The Balaban J connectivity index is 1.41. The van der Waals surface area contributed by atoms with Crippen molar-refractivity contribution < 1.29 is 23.1 Å². The highest BCUT2D eigenvalue weighted by molar-refractivity contribution is 7.13. The van der Waals surface area contributed by atoms with E-state index in [2.05, 4.69) is 25.4 Å². The Labute approximate surface area is 207 Å². The van der Waals surface area contributed by atoms with E-state index < -0.39 is 30.1 Å². The number of benzene rings is 1. The molecule has 1 aromatic carbocycles. The van der Waals surface area contributed by atoms with Crippen molar-refractivity contribution >= 4 is 29.0 Å². The Morgan fingerprint density at radius 3 is 2.67 bits per heavy atom. The third kappa shape index (κ3) is 4.31. The van der Waals surface area contributed by atoms with Crippen LogP contribution < -0.4 is 5.32 Å². The Morgan fingerprint density at radius 2 is 1.97 bits per heavy atom. The number of aryl methyl sites for hydroxylation is 1. The van der Waals surface area contributed by atoms with E-state index in [1.54, 1.807) is 53.8 Å². The molecule has 0 bridgehead atoms. The zero-order valence-corrected chi connectivity index (χ0v) is 19.9. The molecule has 9 nitrogen and oxygen atoms in total. The lowest BCUT2D eigenvalue weighted by atomic mass is 9.89. The normalized spacial score (nSPS) is 20.2. The smallest absolute Gasteiger partial charge is 0.375 e. The molecule has 2 N–H and O–H groups in total. The van der Waals surface area contributed by atoms with Gasteiger partial charge in [0.2, 0.25) is 5.95 Å². The van der Waals surface area contributed by atoms with Crippen molar-refractivity contribution in [3.63, 3.8) is 0 Å². The summed E-state index contributed by atoms with van der Waals surface area (Å²) in [5.74, 6) is -0.0630. The fourth-order valence-electron chi connectivity index (χ4n) is 4.11. The minimum absolute atomic E-state index is 0.0873. The Hall–Kier alpha value is -3.84. The number of rotatable bonds is 5. The number of halogens is 3. The molecule has 1 aliphatic heterocycles. The van der Waals surface area contributed by atoms with E-state index in [0.717, 1.165) is 7.05 Å². The number of amides is 1. The van der Waals surface area contributed by atoms with Crippen molar-refractivity contribution in [3.8, 4) is 22.0 Å². The van der Waals surface area contributed by atoms with Gasteiger partial charge >= 0.3 is 6.18 Å². The third-order valence-corrected chi connectivity index (χ3v) is 6.86. The average Bonchev–Trinajstić information content (AvgIpc) is 3.55. The molecule has 1 saturated heterocycles. The molecule has 5 rings (SSSR count). The maximum Gasteiger partial charge on any atom is 0.408 e. The number of carbonyl (C=O) groups excluding carboxylic acids is 1. The second-order valence-corrected chi connectivity index (χ2v) is 9.28. The number of hydrogen-bond donors (Lipinski definition) is 2. The molecule has 186 valence electrons. The zero-order valence-electron chi connectivity index (χ0n) is 19.1. The van der Waals surface area contributed by atoms with Crippen LogP contribution in [0.25, 0.3) is 22.0 Å². The molecule has 1 aliphatic rings. The first-order valence-electron chi connectivity index (χ1n) is 10.8. The molecule has 36 heavy (non-hydrogen) atoms. The lowest BCUT2D eigenvalue weighted by Crippen LogP contribution is -2.41. The van der Waals surface area contributed by atoms with Gasteiger partial charge in [0.15, 0.2) is 11.4 Å². The van der Waals surface area contributed by atoms with Crippen molar-refractivity contribution in [2.24, 2.45) is 7.05 Å². The number of alkyl halides is 3. The number of nitrogens with one attached hydrogen (secondary N) is 1. The second-order valence-electron chi connectivity index (χ2n) is 8.42. The van der Waals surface area contributed by atoms with Crippen molar-refractivity contribution in [2.75, 3.05) is 12.4 Å². The molecule has 13 heteroatoms. The van der Waals surface area contributed by atoms with Crippen LogP contribution in [0.2, 0.25) is 0 Å². The Morgan fingerprint density at radius 1 is 1.17 bits per heavy atom. The first kappa shape index (κ1) is 23.9. The van der Waals surface area contributed by atoms with Crippen LogP contribution in [0, 0.1) is 0 Å². The summed E-state index contributed by atoms with van der Waals surface area (Å²) in [7, 11) is 2.84. The van der Waals surface area contributed by atoms with Gasteiger partial charge in [-0.3, -0.25) is 9.48 Å². The monoisotopic (exact) mass is 515 g/mol. The fourth-order valence-corrected chi connectivity index (χ4v) is 4.92. The fraction of sp³-hybridized carbons (Fsp3) is 0.261. The second kappa shape index (κ2) is 8.68.